The normalized spacial score (nSPS) is 12.5. The number of benzene rings is 2. The van der Waals surface area contributed by atoms with E-state index in [4.69, 9.17) is 11.6 Å². The summed E-state index contributed by atoms with van der Waals surface area (Å²) >= 11 is 6.01. The van der Waals surface area contributed by atoms with Crippen molar-refractivity contribution in [2.45, 2.75) is 20.0 Å². The van der Waals surface area contributed by atoms with E-state index in [1.165, 1.54) is 6.07 Å². The molecule has 1 atom stereocenters. The summed E-state index contributed by atoms with van der Waals surface area (Å²) in [4.78, 5) is 0. The number of aliphatic hydroxyl groups excluding tert-OH is 1. The molecular weight excluding hydrogens is 251 g/mol. The minimum atomic E-state index is -0.997. The van der Waals surface area contributed by atoms with E-state index < -0.39 is 11.9 Å². The lowest BCUT2D eigenvalue weighted by molar-refractivity contribution is 0.215. The zero-order valence-corrected chi connectivity index (χ0v) is 11.0. The maximum absolute atomic E-state index is 13.7. The average molecular weight is 265 g/mol. The van der Waals surface area contributed by atoms with Gasteiger partial charge in [0, 0.05) is 10.6 Å². The largest absolute Gasteiger partial charge is 0.384 e. The zero-order chi connectivity index (χ0) is 13.3. The predicted octanol–water partition coefficient (Wildman–Crippen LogP) is 4.18. The van der Waals surface area contributed by atoms with Crippen LogP contribution in [-0.4, -0.2) is 5.11 Å². The number of halogens is 2. The van der Waals surface area contributed by atoms with Crippen molar-refractivity contribution < 1.29 is 9.50 Å². The van der Waals surface area contributed by atoms with Crippen LogP contribution in [0.15, 0.2) is 36.4 Å². The van der Waals surface area contributed by atoms with E-state index in [0.29, 0.717) is 10.6 Å². The molecule has 2 aromatic carbocycles. The topological polar surface area (TPSA) is 20.2 Å². The van der Waals surface area contributed by atoms with Gasteiger partial charge in [0.25, 0.3) is 0 Å². The van der Waals surface area contributed by atoms with Crippen molar-refractivity contribution in [3.8, 4) is 0 Å². The second-order valence-corrected chi connectivity index (χ2v) is 4.84. The van der Waals surface area contributed by atoms with Gasteiger partial charge in [-0.15, -0.1) is 0 Å². The fourth-order valence-electron chi connectivity index (χ4n) is 1.83. The van der Waals surface area contributed by atoms with Gasteiger partial charge in [-0.2, -0.15) is 0 Å². The Hall–Kier alpha value is -1.38. The van der Waals surface area contributed by atoms with Crippen molar-refractivity contribution >= 4 is 11.6 Å². The molecule has 0 amide bonds. The van der Waals surface area contributed by atoms with E-state index >= 15 is 0 Å². The Balaban J connectivity index is 2.44. The summed E-state index contributed by atoms with van der Waals surface area (Å²) in [6.45, 7) is 3.74. The van der Waals surface area contributed by atoms with Gasteiger partial charge < -0.3 is 5.11 Å². The van der Waals surface area contributed by atoms with Crippen molar-refractivity contribution in [1.82, 2.24) is 0 Å². The standard InChI is InChI=1S/C15H14ClFO/c1-9-3-6-14(17)12(7-9)15(18)11-5-4-10(2)13(16)8-11/h3-8,15,18H,1-2H3. The lowest BCUT2D eigenvalue weighted by Crippen LogP contribution is -2.03. The highest BCUT2D eigenvalue weighted by atomic mass is 35.5. The molecule has 0 heterocycles. The molecule has 0 radical (unpaired) electrons. The molecule has 3 heteroatoms. The fourth-order valence-corrected chi connectivity index (χ4v) is 2.02. The summed E-state index contributed by atoms with van der Waals surface area (Å²) < 4.78 is 13.7. The van der Waals surface area contributed by atoms with Crippen LogP contribution in [0.4, 0.5) is 4.39 Å². The number of aliphatic hydroxyl groups is 1. The van der Waals surface area contributed by atoms with Gasteiger partial charge in [-0.05, 0) is 37.1 Å². The van der Waals surface area contributed by atoms with Gasteiger partial charge in [-0.25, -0.2) is 4.39 Å². The van der Waals surface area contributed by atoms with Gasteiger partial charge in [0.1, 0.15) is 11.9 Å². The number of hydrogen-bond acceptors (Lipinski definition) is 1. The van der Waals surface area contributed by atoms with Crippen molar-refractivity contribution in [2.75, 3.05) is 0 Å². The van der Waals surface area contributed by atoms with E-state index in [1.54, 1.807) is 24.3 Å². The van der Waals surface area contributed by atoms with Crippen molar-refractivity contribution in [1.29, 1.82) is 0 Å². The molecule has 0 aliphatic carbocycles. The third kappa shape index (κ3) is 2.55. The molecule has 0 spiro atoms. The molecule has 2 rings (SSSR count). The van der Waals surface area contributed by atoms with Gasteiger partial charge in [-0.1, -0.05) is 41.4 Å². The van der Waals surface area contributed by atoms with Gasteiger partial charge >= 0.3 is 0 Å². The maximum atomic E-state index is 13.7. The van der Waals surface area contributed by atoms with E-state index in [2.05, 4.69) is 0 Å². The minimum Gasteiger partial charge on any atom is -0.384 e. The highest BCUT2D eigenvalue weighted by Gasteiger charge is 2.15. The quantitative estimate of drug-likeness (QED) is 0.863. The molecule has 1 nitrogen and oxygen atoms in total. The van der Waals surface area contributed by atoms with Gasteiger partial charge in [0.2, 0.25) is 0 Å². The van der Waals surface area contributed by atoms with Gasteiger partial charge in [0.05, 0.1) is 0 Å². The Morgan fingerprint density at radius 1 is 1.11 bits per heavy atom. The number of aryl methyl sites for hydroxylation is 2. The third-order valence-electron chi connectivity index (χ3n) is 2.96. The Morgan fingerprint density at radius 3 is 2.50 bits per heavy atom. The van der Waals surface area contributed by atoms with Crippen LogP contribution in [0.25, 0.3) is 0 Å². The zero-order valence-electron chi connectivity index (χ0n) is 10.2. The first-order valence-electron chi connectivity index (χ1n) is 5.69. The molecule has 1 unspecified atom stereocenters. The Bertz CT molecular complexity index is 581. The average Bonchev–Trinajstić information content (AvgIpc) is 2.35. The minimum absolute atomic E-state index is 0.273. The van der Waals surface area contributed by atoms with Crippen molar-refractivity contribution in [3.63, 3.8) is 0 Å². The number of hydrogen-bond donors (Lipinski definition) is 1. The SMILES string of the molecule is Cc1ccc(F)c(C(O)c2ccc(C)c(Cl)c2)c1. The van der Waals surface area contributed by atoms with Crippen LogP contribution in [0, 0.1) is 19.7 Å². The van der Waals surface area contributed by atoms with Crippen LogP contribution >= 0.6 is 11.6 Å². The second kappa shape index (κ2) is 5.09. The van der Waals surface area contributed by atoms with E-state index in [-0.39, 0.29) is 5.56 Å². The molecular formula is C15H14ClFO. The summed E-state index contributed by atoms with van der Waals surface area (Å²) in [5, 5.41) is 10.8. The molecule has 0 saturated heterocycles. The van der Waals surface area contributed by atoms with Crippen molar-refractivity contribution in [2.24, 2.45) is 0 Å². The van der Waals surface area contributed by atoms with Crippen molar-refractivity contribution in [3.05, 3.63) is 69.5 Å². The van der Waals surface area contributed by atoms with E-state index in [0.717, 1.165) is 11.1 Å². The summed E-state index contributed by atoms with van der Waals surface area (Å²) in [5.74, 6) is -0.412. The van der Waals surface area contributed by atoms with Crippen LogP contribution in [0.5, 0.6) is 0 Å². The summed E-state index contributed by atoms with van der Waals surface area (Å²) in [7, 11) is 0. The molecule has 0 aliphatic heterocycles. The highest BCUT2D eigenvalue weighted by molar-refractivity contribution is 6.31. The molecule has 18 heavy (non-hydrogen) atoms. The van der Waals surface area contributed by atoms with Crippen LogP contribution < -0.4 is 0 Å². The summed E-state index contributed by atoms with van der Waals surface area (Å²) in [5.41, 5.74) is 2.70. The van der Waals surface area contributed by atoms with Crippen LogP contribution in [-0.2, 0) is 0 Å². The molecule has 0 saturated carbocycles. The molecule has 0 bridgehead atoms. The van der Waals surface area contributed by atoms with E-state index in [1.807, 2.05) is 19.9 Å². The Kier molecular flexibility index (Phi) is 3.69. The second-order valence-electron chi connectivity index (χ2n) is 4.44. The molecule has 94 valence electrons. The lowest BCUT2D eigenvalue weighted by Gasteiger charge is -2.14. The number of rotatable bonds is 2. The first kappa shape index (κ1) is 13.1. The smallest absolute Gasteiger partial charge is 0.129 e. The lowest BCUT2D eigenvalue weighted by atomic mass is 9.98. The maximum Gasteiger partial charge on any atom is 0.129 e. The van der Waals surface area contributed by atoms with Crippen LogP contribution in [0.1, 0.15) is 28.4 Å². The first-order valence-corrected chi connectivity index (χ1v) is 6.07. The fraction of sp³-hybridized carbons (Fsp3) is 0.200. The summed E-state index contributed by atoms with van der Waals surface area (Å²) in [6, 6.07) is 9.93. The third-order valence-corrected chi connectivity index (χ3v) is 3.36. The first-order chi connectivity index (χ1) is 8.49. The molecule has 2 aromatic rings. The molecule has 1 N–H and O–H groups in total. The molecule has 0 aliphatic rings. The Labute approximate surface area is 111 Å². The van der Waals surface area contributed by atoms with E-state index in [9.17, 15) is 9.50 Å². The van der Waals surface area contributed by atoms with Gasteiger partial charge in [-0.3, -0.25) is 0 Å². The monoisotopic (exact) mass is 264 g/mol. The van der Waals surface area contributed by atoms with Crippen LogP contribution in [0.2, 0.25) is 5.02 Å². The molecule has 0 fully saturated rings. The van der Waals surface area contributed by atoms with Gasteiger partial charge in [0.15, 0.2) is 0 Å². The van der Waals surface area contributed by atoms with Crippen LogP contribution in [0.3, 0.4) is 0 Å². The summed E-state index contributed by atoms with van der Waals surface area (Å²) in [6.07, 6.45) is -0.997. The highest BCUT2D eigenvalue weighted by Crippen LogP contribution is 2.28. The molecule has 0 aromatic heterocycles. The predicted molar refractivity (Wildman–Crippen MR) is 71.4 cm³/mol. The Morgan fingerprint density at radius 2 is 1.83 bits per heavy atom.